The van der Waals surface area contributed by atoms with Gasteiger partial charge >= 0.3 is 0 Å². The molecule has 2 saturated heterocycles. The largest absolute Gasteiger partial charge is 0.391 e. The molecule has 2 aliphatic heterocycles. The van der Waals surface area contributed by atoms with Crippen LogP contribution in [0.2, 0.25) is 0 Å². The van der Waals surface area contributed by atoms with Crippen molar-refractivity contribution in [3.63, 3.8) is 0 Å². The number of likely N-dealkylation sites (tertiary alicyclic amines) is 2. The van der Waals surface area contributed by atoms with Gasteiger partial charge in [-0.25, -0.2) is 0 Å². The van der Waals surface area contributed by atoms with E-state index < -0.39 is 29.6 Å². The number of hydrogen-bond acceptors (Lipinski definition) is 5. The van der Waals surface area contributed by atoms with E-state index in [0.29, 0.717) is 12.8 Å². The molecule has 5 atom stereocenters. The van der Waals surface area contributed by atoms with Crippen molar-refractivity contribution in [1.29, 1.82) is 0 Å². The number of hydrogen-bond donors (Lipinski definition) is 3. The fraction of sp³-hybridized carbons (Fsp3) is 0.395. The lowest BCUT2D eigenvalue weighted by atomic mass is 9.75. The highest BCUT2D eigenvalue weighted by molar-refractivity contribution is 5.86. The normalized spacial score (nSPS) is 22.7. The molecule has 2 amide bonds. The van der Waals surface area contributed by atoms with Crippen LogP contribution in [0.1, 0.15) is 59.5 Å². The number of piperidine rings is 1. The zero-order valence-electron chi connectivity index (χ0n) is 28.7. The molecule has 0 saturated carbocycles. The molecule has 50 heavy (non-hydrogen) atoms. The Bertz CT molecular complexity index is 1730. The lowest BCUT2D eigenvalue weighted by Gasteiger charge is -2.38. The van der Waals surface area contributed by atoms with Crippen LogP contribution in [0.25, 0.3) is 0 Å². The van der Waals surface area contributed by atoms with Crippen molar-refractivity contribution in [2.45, 2.75) is 75.8 Å². The van der Waals surface area contributed by atoms with E-state index in [4.69, 9.17) is 0 Å². The Morgan fingerprint density at radius 1 is 0.820 bits per heavy atom. The van der Waals surface area contributed by atoms with Crippen LogP contribution >= 0.6 is 0 Å². The second-order valence-electron chi connectivity index (χ2n) is 14.8. The van der Waals surface area contributed by atoms with Crippen molar-refractivity contribution >= 4 is 11.8 Å². The summed E-state index contributed by atoms with van der Waals surface area (Å²) in [5.74, 6) is -0.580. The predicted molar refractivity (Wildman–Crippen MR) is 195 cm³/mol. The van der Waals surface area contributed by atoms with Crippen LogP contribution < -0.4 is 5.32 Å². The number of carbonyl (C=O) groups is 2. The van der Waals surface area contributed by atoms with Gasteiger partial charge in [-0.2, -0.15) is 0 Å². The first-order valence-electron chi connectivity index (χ1n) is 18.3. The van der Waals surface area contributed by atoms with Crippen molar-refractivity contribution in [3.05, 3.63) is 143 Å². The Kier molecular flexibility index (Phi) is 10.5. The molecule has 3 N–H and O–H groups in total. The molecule has 2 fully saturated rings. The average Bonchev–Trinajstić information content (AvgIpc) is 3.58. The molecule has 0 radical (unpaired) electrons. The van der Waals surface area contributed by atoms with Crippen molar-refractivity contribution in [2.24, 2.45) is 11.3 Å². The molecule has 1 aliphatic carbocycles. The van der Waals surface area contributed by atoms with E-state index in [0.717, 1.165) is 62.0 Å². The Balaban J connectivity index is 1.07. The summed E-state index contributed by atoms with van der Waals surface area (Å²) in [6.07, 6.45) is 2.71. The van der Waals surface area contributed by atoms with E-state index in [2.05, 4.69) is 46.6 Å². The maximum Gasteiger partial charge on any atom is 0.229 e. The lowest BCUT2D eigenvalue weighted by Crippen LogP contribution is -2.47. The SMILES string of the molecule is O=C(N[C@H]1c2ccccc2C[C@H]1O)[C@@H](Cc1ccccc1)C[C@H](O)CN1C(=O)C2(CCN(Cc3ccccc3)CC2)C[C@@H]1Cc1ccccc1. The summed E-state index contributed by atoms with van der Waals surface area (Å²) >= 11 is 0. The number of fused-ring (bicyclic) bond motifs is 1. The minimum absolute atomic E-state index is 0.0215. The summed E-state index contributed by atoms with van der Waals surface area (Å²) < 4.78 is 0. The number of amides is 2. The molecule has 4 aromatic rings. The highest BCUT2D eigenvalue weighted by atomic mass is 16.3. The molecule has 0 unspecified atom stereocenters. The number of benzene rings is 4. The lowest BCUT2D eigenvalue weighted by molar-refractivity contribution is -0.140. The number of nitrogens with one attached hydrogen (secondary N) is 1. The maximum absolute atomic E-state index is 14.5. The Morgan fingerprint density at radius 2 is 1.42 bits per heavy atom. The van der Waals surface area contributed by atoms with Crippen LogP contribution in [0.15, 0.2) is 115 Å². The van der Waals surface area contributed by atoms with Crippen LogP contribution in [-0.4, -0.2) is 69.7 Å². The fourth-order valence-corrected chi connectivity index (χ4v) is 8.65. The van der Waals surface area contributed by atoms with Gasteiger partial charge < -0.3 is 20.4 Å². The first-order valence-corrected chi connectivity index (χ1v) is 18.3. The molecule has 1 spiro atoms. The first-order chi connectivity index (χ1) is 24.4. The van der Waals surface area contributed by atoms with E-state index in [1.807, 2.05) is 83.8 Å². The fourth-order valence-electron chi connectivity index (χ4n) is 8.65. The summed E-state index contributed by atoms with van der Waals surface area (Å²) in [5.41, 5.74) is 5.03. The van der Waals surface area contributed by atoms with Gasteiger partial charge in [0, 0.05) is 31.5 Å². The van der Waals surface area contributed by atoms with E-state index in [1.54, 1.807) is 0 Å². The van der Waals surface area contributed by atoms with E-state index in [9.17, 15) is 19.8 Å². The quantitative estimate of drug-likeness (QED) is 0.185. The van der Waals surface area contributed by atoms with Crippen molar-refractivity contribution in [1.82, 2.24) is 15.1 Å². The molecule has 7 nitrogen and oxygen atoms in total. The van der Waals surface area contributed by atoms with Gasteiger partial charge in [0.05, 0.1) is 23.7 Å². The number of nitrogens with zero attached hydrogens (tertiary/aromatic N) is 2. The van der Waals surface area contributed by atoms with Gasteiger partial charge in [0.1, 0.15) is 0 Å². The number of aliphatic hydroxyl groups is 2. The number of rotatable bonds is 12. The maximum atomic E-state index is 14.5. The van der Waals surface area contributed by atoms with Gasteiger partial charge in [0.15, 0.2) is 0 Å². The summed E-state index contributed by atoms with van der Waals surface area (Å²) in [7, 11) is 0. The standard InChI is InChI=1S/C43H49N3O4/c47-37(26-35(24-31-12-4-1-5-13-31)41(49)44-40-38-19-11-10-18-34(38)27-39(40)48)30-46-36(25-32-14-6-2-7-15-32)28-43(42(46)50)20-22-45(23-21-43)29-33-16-8-3-9-17-33/h1-19,35-37,39-40,47-48H,20-30H2,(H,44,49)/t35-,36-,37-,39+,40-/m0/s1. The minimum Gasteiger partial charge on any atom is -0.391 e. The summed E-state index contributed by atoms with van der Waals surface area (Å²) in [6, 6.07) is 38.0. The van der Waals surface area contributed by atoms with Gasteiger partial charge in [-0.1, -0.05) is 115 Å². The van der Waals surface area contributed by atoms with Gasteiger partial charge in [-0.05, 0) is 79.4 Å². The highest BCUT2D eigenvalue weighted by Gasteiger charge is 2.52. The zero-order chi connectivity index (χ0) is 34.5. The van der Waals surface area contributed by atoms with Crippen LogP contribution in [0.5, 0.6) is 0 Å². The molecular weight excluding hydrogens is 622 g/mol. The van der Waals surface area contributed by atoms with Gasteiger partial charge in [0.2, 0.25) is 11.8 Å². The zero-order valence-corrected chi connectivity index (χ0v) is 28.7. The molecule has 3 aliphatic rings. The van der Waals surface area contributed by atoms with Crippen LogP contribution in [0.3, 0.4) is 0 Å². The highest BCUT2D eigenvalue weighted by Crippen LogP contribution is 2.46. The van der Waals surface area contributed by atoms with Crippen LogP contribution in [-0.2, 0) is 35.4 Å². The first kappa shape index (κ1) is 34.2. The average molecular weight is 672 g/mol. The van der Waals surface area contributed by atoms with Crippen LogP contribution in [0.4, 0.5) is 0 Å². The third-order valence-corrected chi connectivity index (χ3v) is 11.3. The molecule has 0 bridgehead atoms. The third kappa shape index (κ3) is 7.70. The molecule has 7 heteroatoms. The van der Waals surface area contributed by atoms with E-state index in [1.165, 1.54) is 11.1 Å². The topological polar surface area (TPSA) is 93.1 Å². The van der Waals surface area contributed by atoms with Gasteiger partial charge in [-0.3, -0.25) is 14.5 Å². The van der Waals surface area contributed by atoms with E-state index >= 15 is 0 Å². The summed E-state index contributed by atoms with van der Waals surface area (Å²) in [4.78, 5) is 32.8. The van der Waals surface area contributed by atoms with Gasteiger partial charge in [-0.15, -0.1) is 0 Å². The predicted octanol–water partition coefficient (Wildman–Crippen LogP) is 5.50. The molecule has 2 heterocycles. The van der Waals surface area contributed by atoms with Crippen molar-refractivity contribution in [2.75, 3.05) is 19.6 Å². The van der Waals surface area contributed by atoms with E-state index in [-0.39, 0.29) is 30.8 Å². The molecular formula is C43H49N3O4. The number of aliphatic hydroxyl groups excluding tert-OH is 2. The molecule has 260 valence electrons. The smallest absolute Gasteiger partial charge is 0.229 e. The third-order valence-electron chi connectivity index (χ3n) is 11.3. The molecule has 0 aromatic heterocycles. The van der Waals surface area contributed by atoms with Crippen LogP contribution in [0, 0.1) is 11.3 Å². The monoisotopic (exact) mass is 671 g/mol. The van der Waals surface area contributed by atoms with Crippen molar-refractivity contribution in [3.8, 4) is 0 Å². The summed E-state index contributed by atoms with van der Waals surface area (Å²) in [6.45, 7) is 2.81. The Hall–Kier alpha value is -4.30. The number of carbonyl (C=O) groups excluding carboxylic acids is 2. The Morgan fingerprint density at radius 3 is 2.10 bits per heavy atom. The second-order valence-corrected chi connectivity index (χ2v) is 14.8. The number of β-amino-alcohol motifs (C(OH)–C–C–N with tert-alkyl or cyclic N) is 1. The minimum atomic E-state index is -0.884. The Labute approximate surface area is 296 Å². The van der Waals surface area contributed by atoms with Crippen molar-refractivity contribution < 1.29 is 19.8 Å². The van der Waals surface area contributed by atoms with Gasteiger partial charge in [0.25, 0.3) is 0 Å². The molecule has 4 aromatic carbocycles. The molecule has 7 rings (SSSR count). The second kappa shape index (κ2) is 15.3. The summed E-state index contributed by atoms with van der Waals surface area (Å²) in [5, 5.41) is 25.8.